The number of Topliss-reactive ketones (excluding diaryl/α,β-unsaturated/α-hetero) is 1. The molecular weight excluding hydrogens is 408 g/mol. The van der Waals surface area contributed by atoms with Crippen LogP contribution in [0.2, 0.25) is 0 Å². The summed E-state index contributed by atoms with van der Waals surface area (Å²) >= 11 is 1.49. The molecule has 1 aromatic carbocycles. The molecule has 1 atom stereocenters. The Morgan fingerprint density at radius 1 is 1.29 bits per heavy atom. The number of hydrogen-bond acceptors (Lipinski definition) is 6. The molecule has 5 aromatic rings. The van der Waals surface area contributed by atoms with Crippen LogP contribution in [0.5, 0.6) is 0 Å². The number of nitrogen functional groups attached to an aromatic ring is 1. The van der Waals surface area contributed by atoms with Crippen LogP contribution in [0.3, 0.4) is 0 Å². The van der Waals surface area contributed by atoms with E-state index in [9.17, 15) is 4.79 Å². The Labute approximate surface area is 182 Å². The zero-order valence-electron chi connectivity index (χ0n) is 16.7. The van der Waals surface area contributed by atoms with Crippen molar-refractivity contribution in [2.45, 2.75) is 19.3 Å². The average molecular weight is 427 g/mol. The number of benzene rings is 1. The summed E-state index contributed by atoms with van der Waals surface area (Å²) in [6.07, 6.45) is 9.29. The molecule has 152 valence electrons. The van der Waals surface area contributed by atoms with E-state index < -0.39 is 0 Å². The molecule has 0 bridgehead atoms. The predicted octanol–water partition coefficient (Wildman–Crippen LogP) is 4.05. The molecule has 0 saturated carbocycles. The monoisotopic (exact) mass is 426 g/mol. The second-order valence-corrected chi connectivity index (χ2v) is 8.11. The molecule has 7 nitrogen and oxygen atoms in total. The van der Waals surface area contributed by atoms with E-state index >= 15 is 0 Å². The second kappa shape index (κ2) is 7.38. The fraction of sp³-hybridized carbons (Fsp3) is 0.130. The van der Waals surface area contributed by atoms with E-state index in [-0.39, 0.29) is 23.9 Å². The largest absolute Gasteiger partial charge is 0.382 e. The van der Waals surface area contributed by atoms with Gasteiger partial charge in [-0.15, -0.1) is 22.9 Å². The van der Waals surface area contributed by atoms with Gasteiger partial charge in [0.05, 0.1) is 11.4 Å². The maximum Gasteiger partial charge on any atom is 0.195 e. The van der Waals surface area contributed by atoms with Crippen molar-refractivity contribution in [3.8, 4) is 23.6 Å². The summed E-state index contributed by atoms with van der Waals surface area (Å²) in [4.78, 5) is 23.1. The third-order valence-electron chi connectivity index (χ3n) is 5.25. The third-order valence-corrected chi connectivity index (χ3v) is 6.07. The zero-order chi connectivity index (χ0) is 21.5. The second-order valence-electron chi connectivity index (χ2n) is 7.27. The number of nitrogens with two attached hydrogens (primary N) is 1. The molecule has 0 aliphatic carbocycles. The van der Waals surface area contributed by atoms with Gasteiger partial charge in [0, 0.05) is 35.7 Å². The fourth-order valence-electron chi connectivity index (χ4n) is 3.84. The summed E-state index contributed by atoms with van der Waals surface area (Å²) in [5.74, 6) is 2.63. The summed E-state index contributed by atoms with van der Waals surface area (Å²) in [5.41, 5.74) is 10.3. The van der Waals surface area contributed by atoms with Crippen LogP contribution in [0, 0.1) is 12.3 Å². The van der Waals surface area contributed by atoms with Gasteiger partial charge >= 0.3 is 0 Å². The number of rotatable bonds is 5. The number of hydrogen-bond donors (Lipinski definition) is 1. The quantitative estimate of drug-likeness (QED) is 0.338. The highest BCUT2D eigenvalue weighted by Crippen LogP contribution is 2.35. The van der Waals surface area contributed by atoms with E-state index in [1.165, 1.54) is 15.9 Å². The molecule has 4 heterocycles. The van der Waals surface area contributed by atoms with Crippen molar-refractivity contribution in [3.05, 3.63) is 71.1 Å². The summed E-state index contributed by atoms with van der Waals surface area (Å²) in [6, 6.07) is 11.7. The first-order valence-electron chi connectivity index (χ1n) is 9.72. The van der Waals surface area contributed by atoms with Gasteiger partial charge in [-0.05, 0) is 6.07 Å². The van der Waals surface area contributed by atoms with Crippen molar-refractivity contribution in [1.29, 1.82) is 0 Å². The van der Waals surface area contributed by atoms with Gasteiger partial charge in [0.15, 0.2) is 22.2 Å². The van der Waals surface area contributed by atoms with Gasteiger partial charge in [0.1, 0.15) is 11.3 Å². The maximum absolute atomic E-state index is 13.2. The first kappa shape index (κ1) is 19.0. The van der Waals surface area contributed by atoms with Crippen LogP contribution in [0.25, 0.3) is 21.9 Å². The van der Waals surface area contributed by atoms with Gasteiger partial charge in [-0.3, -0.25) is 9.20 Å². The fourth-order valence-corrected chi connectivity index (χ4v) is 4.68. The predicted molar refractivity (Wildman–Crippen MR) is 121 cm³/mol. The van der Waals surface area contributed by atoms with E-state index in [0.29, 0.717) is 11.2 Å². The molecule has 0 saturated heterocycles. The molecule has 4 aromatic heterocycles. The van der Waals surface area contributed by atoms with Crippen molar-refractivity contribution in [1.82, 2.24) is 24.0 Å². The van der Waals surface area contributed by atoms with Gasteiger partial charge in [-0.2, -0.15) is 0 Å². The van der Waals surface area contributed by atoms with Crippen molar-refractivity contribution < 1.29 is 4.79 Å². The number of anilines is 1. The highest BCUT2D eigenvalue weighted by molar-refractivity contribution is 7.15. The minimum Gasteiger partial charge on any atom is -0.382 e. The van der Waals surface area contributed by atoms with E-state index in [1.807, 2.05) is 47.0 Å². The Bertz CT molecular complexity index is 1470. The molecule has 0 amide bonds. The van der Waals surface area contributed by atoms with Crippen molar-refractivity contribution in [3.63, 3.8) is 0 Å². The minimum absolute atomic E-state index is 0.119. The molecule has 31 heavy (non-hydrogen) atoms. The highest BCUT2D eigenvalue weighted by atomic mass is 32.1. The Balaban J connectivity index is 1.58. The van der Waals surface area contributed by atoms with Gasteiger partial charge < -0.3 is 5.73 Å². The number of thiazole rings is 1. The highest BCUT2D eigenvalue weighted by Gasteiger charge is 2.26. The standard InChI is InChI=1S/C23H18N6OS/c1-3-16-13-31-23-26-19(20(29(16)23)15-8-5-4-6-9-15)14(2)12-17(30)18-21(24)27-28-11-7-10-25-22(18)28/h1,4-11,13-14H,12H2,2H3,(H2,24,27)/t14-/m1/s1. The molecule has 0 radical (unpaired) electrons. The van der Waals surface area contributed by atoms with E-state index in [0.717, 1.165) is 27.6 Å². The van der Waals surface area contributed by atoms with Gasteiger partial charge in [-0.1, -0.05) is 43.2 Å². The molecule has 2 N–H and O–H groups in total. The normalized spacial score (nSPS) is 12.3. The molecule has 0 aliphatic heterocycles. The summed E-state index contributed by atoms with van der Waals surface area (Å²) in [5, 5.41) is 6.12. The number of fused-ring (bicyclic) bond motifs is 2. The summed E-state index contributed by atoms with van der Waals surface area (Å²) in [7, 11) is 0. The van der Waals surface area contributed by atoms with Crippen LogP contribution >= 0.6 is 11.3 Å². The number of terminal acetylenes is 1. The number of ketones is 1. The van der Waals surface area contributed by atoms with E-state index in [4.69, 9.17) is 17.1 Å². The van der Waals surface area contributed by atoms with Crippen LogP contribution in [0.15, 0.2) is 54.2 Å². The van der Waals surface area contributed by atoms with Crippen LogP contribution < -0.4 is 5.73 Å². The molecule has 5 rings (SSSR count). The first-order valence-corrected chi connectivity index (χ1v) is 10.6. The van der Waals surface area contributed by atoms with Crippen LogP contribution in [0.1, 0.15) is 41.0 Å². The molecule has 0 spiro atoms. The van der Waals surface area contributed by atoms with Gasteiger partial charge in [0.25, 0.3) is 0 Å². The minimum atomic E-state index is -0.168. The Morgan fingerprint density at radius 2 is 2.10 bits per heavy atom. The molecule has 8 heteroatoms. The summed E-state index contributed by atoms with van der Waals surface area (Å²) in [6.45, 7) is 1.99. The number of nitrogens with zero attached hydrogens (tertiary/aromatic N) is 5. The van der Waals surface area contributed by atoms with Crippen LogP contribution in [-0.4, -0.2) is 29.8 Å². The number of carbonyl (C=O) groups excluding carboxylic acids is 1. The maximum atomic E-state index is 13.2. The van der Waals surface area contributed by atoms with E-state index in [1.54, 1.807) is 18.5 Å². The smallest absolute Gasteiger partial charge is 0.195 e. The number of aromatic nitrogens is 5. The van der Waals surface area contributed by atoms with Crippen LogP contribution in [-0.2, 0) is 0 Å². The lowest BCUT2D eigenvalue weighted by Gasteiger charge is -2.12. The first-order chi connectivity index (χ1) is 15.1. The Kier molecular flexibility index (Phi) is 4.53. The Hall–Kier alpha value is -3.96. The van der Waals surface area contributed by atoms with Gasteiger partial charge in [0.2, 0.25) is 0 Å². The molecular formula is C23H18N6OS. The van der Waals surface area contributed by atoms with E-state index in [2.05, 4.69) is 16.0 Å². The van der Waals surface area contributed by atoms with Crippen molar-refractivity contribution in [2.75, 3.05) is 5.73 Å². The lowest BCUT2D eigenvalue weighted by molar-refractivity contribution is 0.0977. The topological polar surface area (TPSA) is 90.6 Å². The van der Waals surface area contributed by atoms with Crippen molar-refractivity contribution >= 4 is 33.5 Å². The van der Waals surface area contributed by atoms with Gasteiger partial charge in [-0.25, -0.2) is 14.5 Å². The van der Waals surface area contributed by atoms with Crippen LogP contribution in [0.4, 0.5) is 5.82 Å². The lowest BCUT2D eigenvalue weighted by atomic mass is 9.94. The summed E-state index contributed by atoms with van der Waals surface area (Å²) < 4.78 is 3.51. The average Bonchev–Trinajstić information content (AvgIpc) is 3.44. The number of carbonyl (C=O) groups is 1. The molecule has 0 unspecified atom stereocenters. The third kappa shape index (κ3) is 3.07. The lowest BCUT2D eigenvalue weighted by Crippen LogP contribution is -2.09. The Morgan fingerprint density at radius 3 is 2.87 bits per heavy atom. The SMILES string of the molecule is C#Cc1csc2nc([C@H](C)CC(=O)c3c(N)nn4cccnc34)c(-c3ccccc3)n12. The zero-order valence-corrected chi connectivity index (χ0v) is 17.5. The molecule has 0 aliphatic rings. The van der Waals surface area contributed by atoms with Crippen molar-refractivity contribution in [2.24, 2.45) is 0 Å². The molecule has 0 fully saturated rings. The number of imidazole rings is 1.